The van der Waals surface area contributed by atoms with Gasteiger partial charge in [0.25, 0.3) is 0 Å². The average molecular weight is 432 g/mol. The summed E-state index contributed by atoms with van der Waals surface area (Å²) in [7, 11) is -1.67. The van der Waals surface area contributed by atoms with E-state index in [4.69, 9.17) is 4.74 Å². The van der Waals surface area contributed by atoms with Crippen LogP contribution >= 0.6 is 11.3 Å². The number of benzene rings is 2. The molecule has 3 aromatic rings. The number of piperazine rings is 1. The van der Waals surface area contributed by atoms with Crippen LogP contribution in [0, 0.1) is 0 Å². The van der Waals surface area contributed by atoms with E-state index in [2.05, 4.69) is 9.88 Å². The molecule has 1 aliphatic rings. The minimum absolute atomic E-state index is 0.0492. The Hall–Kier alpha value is -2.33. The van der Waals surface area contributed by atoms with Gasteiger partial charge in [-0.1, -0.05) is 18.2 Å². The fourth-order valence-corrected chi connectivity index (χ4v) is 5.50. The molecule has 0 radical (unpaired) electrons. The molecule has 1 aromatic heterocycles. The van der Waals surface area contributed by atoms with Crippen molar-refractivity contribution in [1.29, 1.82) is 0 Å². The first kappa shape index (κ1) is 20.0. The number of sulfonamides is 1. The van der Waals surface area contributed by atoms with Crippen molar-refractivity contribution in [2.75, 3.05) is 33.2 Å². The van der Waals surface area contributed by atoms with Crippen LogP contribution in [0.1, 0.15) is 15.4 Å². The largest absolute Gasteiger partial charge is 0.455 e. The van der Waals surface area contributed by atoms with Gasteiger partial charge in [-0.05, 0) is 37.4 Å². The Morgan fingerprint density at radius 1 is 1.10 bits per heavy atom. The number of carbonyl (C=O) groups excluding carboxylic acids is 1. The summed E-state index contributed by atoms with van der Waals surface area (Å²) in [5.41, 5.74) is 1.07. The van der Waals surface area contributed by atoms with E-state index >= 15 is 0 Å². The highest BCUT2D eigenvalue weighted by Gasteiger charge is 2.28. The van der Waals surface area contributed by atoms with Crippen LogP contribution in [0.15, 0.2) is 53.4 Å². The summed E-state index contributed by atoms with van der Waals surface area (Å²) in [6, 6.07) is 13.7. The maximum Gasteiger partial charge on any atom is 0.338 e. The Kier molecular flexibility index (Phi) is 5.64. The molecule has 7 nitrogen and oxygen atoms in total. The SMILES string of the molecule is CN1CCN(S(=O)(=O)c2cccc(C(=O)OCc3nc4ccccc4s3)c2)CC1. The van der Waals surface area contributed by atoms with Crippen LogP contribution in [-0.4, -0.2) is 61.8 Å². The maximum atomic E-state index is 12.9. The molecule has 29 heavy (non-hydrogen) atoms. The molecule has 9 heteroatoms. The van der Waals surface area contributed by atoms with Gasteiger partial charge < -0.3 is 9.64 Å². The smallest absolute Gasteiger partial charge is 0.338 e. The number of hydrogen-bond acceptors (Lipinski definition) is 7. The maximum absolute atomic E-state index is 12.9. The van der Waals surface area contributed by atoms with Crippen LogP contribution in [0.3, 0.4) is 0 Å². The second-order valence-electron chi connectivity index (χ2n) is 6.89. The van der Waals surface area contributed by atoms with Crippen molar-refractivity contribution in [2.45, 2.75) is 11.5 Å². The number of carbonyl (C=O) groups is 1. The number of likely N-dealkylation sites (N-methyl/N-ethyl adjacent to an activating group) is 1. The lowest BCUT2D eigenvalue weighted by atomic mass is 10.2. The van der Waals surface area contributed by atoms with Crippen molar-refractivity contribution in [3.8, 4) is 0 Å². The van der Waals surface area contributed by atoms with Gasteiger partial charge in [-0.25, -0.2) is 18.2 Å². The normalized spacial score (nSPS) is 16.2. The van der Waals surface area contributed by atoms with Crippen LogP contribution in [0.2, 0.25) is 0 Å². The standard InChI is InChI=1S/C20H21N3O4S2/c1-22-9-11-23(12-10-22)29(25,26)16-6-4-5-15(13-16)20(24)27-14-19-21-17-7-2-3-8-18(17)28-19/h2-8,13H,9-12,14H2,1H3. The summed E-state index contributed by atoms with van der Waals surface area (Å²) in [5.74, 6) is -0.570. The molecule has 4 rings (SSSR count). The number of thiazole rings is 1. The molecule has 0 atom stereocenters. The number of rotatable bonds is 5. The van der Waals surface area contributed by atoms with Crippen LogP contribution in [0.4, 0.5) is 0 Å². The van der Waals surface area contributed by atoms with Crippen molar-refractivity contribution in [3.05, 3.63) is 59.1 Å². The zero-order chi connectivity index (χ0) is 20.4. The molecule has 1 fully saturated rings. The van der Waals surface area contributed by atoms with Crippen LogP contribution in [-0.2, 0) is 21.4 Å². The molecule has 0 N–H and O–H groups in total. The van der Waals surface area contributed by atoms with Gasteiger partial charge in [0.05, 0.1) is 20.7 Å². The highest BCUT2D eigenvalue weighted by Crippen LogP contribution is 2.23. The summed E-state index contributed by atoms with van der Waals surface area (Å²) >= 11 is 1.47. The van der Waals surface area contributed by atoms with Crippen molar-refractivity contribution in [1.82, 2.24) is 14.2 Å². The highest BCUT2D eigenvalue weighted by molar-refractivity contribution is 7.89. The van der Waals surface area contributed by atoms with Gasteiger partial charge >= 0.3 is 5.97 Å². The molecule has 0 amide bonds. The predicted molar refractivity (Wildman–Crippen MR) is 111 cm³/mol. The van der Waals surface area contributed by atoms with Gasteiger partial charge in [0.15, 0.2) is 0 Å². The first-order valence-corrected chi connectivity index (χ1v) is 11.5. The summed E-state index contributed by atoms with van der Waals surface area (Å²) in [6.07, 6.45) is 0. The lowest BCUT2D eigenvalue weighted by molar-refractivity contribution is 0.0472. The number of fused-ring (bicyclic) bond motifs is 1. The number of hydrogen-bond donors (Lipinski definition) is 0. The van der Waals surface area contributed by atoms with Crippen molar-refractivity contribution < 1.29 is 17.9 Å². The zero-order valence-corrected chi connectivity index (χ0v) is 17.6. The Labute approximate surface area is 173 Å². The molecule has 0 bridgehead atoms. The molecule has 2 heterocycles. The van der Waals surface area contributed by atoms with E-state index in [9.17, 15) is 13.2 Å². The molecule has 0 spiro atoms. The monoisotopic (exact) mass is 431 g/mol. The van der Waals surface area contributed by atoms with Gasteiger partial charge in [0.2, 0.25) is 10.0 Å². The third-order valence-corrected chi connectivity index (χ3v) is 7.74. The molecule has 0 saturated carbocycles. The van der Waals surface area contributed by atoms with E-state index < -0.39 is 16.0 Å². The summed E-state index contributed by atoms with van der Waals surface area (Å²) < 4.78 is 33.6. The van der Waals surface area contributed by atoms with Gasteiger partial charge in [0, 0.05) is 26.2 Å². The van der Waals surface area contributed by atoms with Gasteiger partial charge in [-0.3, -0.25) is 0 Å². The first-order valence-electron chi connectivity index (χ1n) is 9.24. The van der Waals surface area contributed by atoms with Gasteiger partial charge in [-0.15, -0.1) is 11.3 Å². The number of nitrogens with zero attached hydrogens (tertiary/aromatic N) is 3. The number of para-hydroxylation sites is 1. The summed E-state index contributed by atoms with van der Waals surface area (Å²) in [4.78, 5) is 19.1. The molecule has 0 aliphatic carbocycles. The molecule has 1 saturated heterocycles. The average Bonchev–Trinajstić information content (AvgIpc) is 3.15. The van der Waals surface area contributed by atoms with Crippen LogP contribution in [0.5, 0.6) is 0 Å². The second kappa shape index (κ2) is 8.19. The van der Waals surface area contributed by atoms with E-state index in [-0.39, 0.29) is 17.1 Å². The van der Waals surface area contributed by atoms with Gasteiger partial charge in [0.1, 0.15) is 11.6 Å². The fraction of sp³-hybridized carbons (Fsp3) is 0.300. The van der Waals surface area contributed by atoms with Crippen molar-refractivity contribution in [3.63, 3.8) is 0 Å². The Morgan fingerprint density at radius 2 is 1.86 bits per heavy atom. The minimum Gasteiger partial charge on any atom is -0.455 e. The quantitative estimate of drug-likeness (QED) is 0.578. The fourth-order valence-electron chi connectivity index (χ4n) is 3.15. The van der Waals surface area contributed by atoms with Crippen molar-refractivity contribution >= 4 is 37.5 Å². The van der Waals surface area contributed by atoms with Crippen LogP contribution < -0.4 is 0 Å². The van der Waals surface area contributed by atoms with E-state index in [0.717, 1.165) is 10.2 Å². The number of ether oxygens (including phenoxy) is 1. The minimum atomic E-state index is -3.64. The Bertz CT molecular complexity index is 1100. The molecule has 2 aromatic carbocycles. The lowest BCUT2D eigenvalue weighted by Gasteiger charge is -2.31. The Balaban J connectivity index is 1.46. The first-order chi connectivity index (χ1) is 13.9. The molecule has 0 unspecified atom stereocenters. The molecule has 152 valence electrons. The number of aromatic nitrogens is 1. The summed E-state index contributed by atoms with van der Waals surface area (Å²) in [6.45, 7) is 2.29. The van der Waals surface area contributed by atoms with E-state index in [1.54, 1.807) is 12.1 Å². The predicted octanol–water partition coefficient (Wildman–Crippen LogP) is 2.59. The lowest BCUT2D eigenvalue weighted by Crippen LogP contribution is -2.47. The Morgan fingerprint density at radius 3 is 2.62 bits per heavy atom. The highest BCUT2D eigenvalue weighted by atomic mass is 32.2. The van der Waals surface area contributed by atoms with Crippen LogP contribution in [0.25, 0.3) is 10.2 Å². The zero-order valence-electron chi connectivity index (χ0n) is 15.9. The third-order valence-electron chi connectivity index (χ3n) is 4.83. The van der Waals surface area contributed by atoms with Crippen molar-refractivity contribution in [2.24, 2.45) is 0 Å². The molecular weight excluding hydrogens is 410 g/mol. The summed E-state index contributed by atoms with van der Waals surface area (Å²) in [5, 5.41) is 0.695. The number of esters is 1. The molecule has 1 aliphatic heterocycles. The van der Waals surface area contributed by atoms with E-state index in [1.807, 2.05) is 31.3 Å². The third kappa shape index (κ3) is 4.32. The van der Waals surface area contributed by atoms with E-state index in [1.165, 1.54) is 27.8 Å². The van der Waals surface area contributed by atoms with E-state index in [0.29, 0.717) is 31.2 Å². The topological polar surface area (TPSA) is 79.8 Å². The second-order valence-corrected chi connectivity index (χ2v) is 9.94. The van der Waals surface area contributed by atoms with Gasteiger partial charge in [-0.2, -0.15) is 4.31 Å². The molecular formula is C20H21N3O4S2.